The Kier molecular flexibility index (Phi) is 5.82. The zero-order chi connectivity index (χ0) is 16.9. The lowest BCUT2D eigenvalue weighted by molar-refractivity contribution is -0.137. The molecule has 23 heavy (non-hydrogen) atoms. The number of aliphatic hydroxyl groups excluding tert-OH is 1. The predicted molar refractivity (Wildman–Crippen MR) is 81.5 cm³/mol. The highest BCUT2D eigenvalue weighted by molar-refractivity contribution is 5.91. The van der Waals surface area contributed by atoms with Crippen LogP contribution in [0.4, 0.5) is 13.2 Å². The van der Waals surface area contributed by atoms with Gasteiger partial charge in [0.2, 0.25) is 5.91 Å². The molecule has 3 nitrogen and oxygen atoms in total. The first-order valence-electron chi connectivity index (χ1n) is 7.65. The maximum Gasteiger partial charge on any atom is 0.416 e. The molecule has 0 atom stereocenters. The topological polar surface area (TPSA) is 49.3 Å². The van der Waals surface area contributed by atoms with Gasteiger partial charge >= 0.3 is 6.18 Å². The number of benzene rings is 1. The first-order valence-corrected chi connectivity index (χ1v) is 7.65. The molecule has 1 saturated carbocycles. The highest BCUT2D eigenvalue weighted by Gasteiger charge is 2.29. The van der Waals surface area contributed by atoms with Crippen LogP contribution in [-0.2, 0) is 11.0 Å². The van der Waals surface area contributed by atoms with Gasteiger partial charge in [0.05, 0.1) is 5.56 Å². The fraction of sp³-hybridized carbons (Fsp3) is 0.471. The Morgan fingerprint density at radius 1 is 1.17 bits per heavy atom. The number of halogens is 3. The van der Waals surface area contributed by atoms with E-state index in [1.165, 1.54) is 24.3 Å². The van der Waals surface area contributed by atoms with Gasteiger partial charge in [-0.15, -0.1) is 0 Å². The molecule has 1 aliphatic rings. The highest BCUT2D eigenvalue weighted by atomic mass is 19.4. The second-order valence-corrected chi connectivity index (χ2v) is 5.86. The number of amides is 1. The van der Waals surface area contributed by atoms with Crippen molar-refractivity contribution in [1.29, 1.82) is 0 Å². The first kappa shape index (κ1) is 17.5. The molecule has 0 unspecified atom stereocenters. The lowest BCUT2D eigenvalue weighted by Crippen LogP contribution is -2.37. The molecule has 2 N–H and O–H groups in total. The first-order chi connectivity index (χ1) is 10.9. The number of carbonyl (C=O) groups is 1. The van der Waals surface area contributed by atoms with E-state index in [4.69, 9.17) is 5.11 Å². The van der Waals surface area contributed by atoms with Crippen LogP contribution in [0.25, 0.3) is 6.08 Å². The molecule has 0 bridgehead atoms. The molecule has 0 heterocycles. The van der Waals surface area contributed by atoms with Crippen LogP contribution >= 0.6 is 0 Å². The van der Waals surface area contributed by atoms with E-state index in [-0.39, 0.29) is 18.6 Å². The minimum absolute atomic E-state index is 0.0996. The van der Waals surface area contributed by atoms with Crippen LogP contribution < -0.4 is 5.32 Å². The van der Waals surface area contributed by atoms with Crippen molar-refractivity contribution in [2.24, 2.45) is 5.92 Å². The molecule has 1 fully saturated rings. The maximum absolute atomic E-state index is 12.4. The summed E-state index contributed by atoms with van der Waals surface area (Å²) < 4.78 is 37.3. The molecule has 126 valence electrons. The summed E-state index contributed by atoms with van der Waals surface area (Å²) >= 11 is 0. The monoisotopic (exact) mass is 327 g/mol. The molecule has 0 radical (unpaired) electrons. The van der Waals surface area contributed by atoms with Crippen LogP contribution in [-0.4, -0.2) is 23.7 Å². The van der Waals surface area contributed by atoms with Gasteiger partial charge in [0.1, 0.15) is 0 Å². The third-order valence-electron chi connectivity index (χ3n) is 4.12. The molecule has 1 aliphatic carbocycles. The van der Waals surface area contributed by atoms with E-state index in [1.807, 2.05) is 0 Å². The molecular weight excluding hydrogens is 307 g/mol. The predicted octanol–water partition coefficient (Wildman–Crippen LogP) is 3.39. The lowest BCUT2D eigenvalue weighted by atomic mass is 9.86. The minimum Gasteiger partial charge on any atom is -0.396 e. The van der Waals surface area contributed by atoms with Crippen molar-refractivity contribution in [3.05, 3.63) is 41.5 Å². The normalized spacial score (nSPS) is 22.3. The van der Waals surface area contributed by atoms with E-state index >= 15 is 0 Å². The minimum atomic E-state index is -4.35. The number of hydrogen-bond acceptors (Lipinski definition) is 2. The van der Waals surface area contributed by atoms with E-state index in [1.54, 1.807) is 0 Å². The van der Waals surface area contributed by atoms with E-state index in [0.29, 0.717) is 11.5 Å². The average Bonchev–Trinajstić information content (AvgIpc) is 2.53. The van der Waals surface area contributed by atoms with Crippen LogP contribution in [0.3, 0.4) is 0 Å². The van der Waals surface area contributed by atoms with Gasteiger partial charge < -0.3 is 10.4 Å². The van der Waals surface area contributed by atoms with Crippen LogP contribution in [0.5, 0.6) is 0 Å². The summed E-state index contributed by atoms with van der Waals surface area (Å²) in [4.78, 5) is 11.8. The van der Waals surface area contributed by atoms with Gasteiger partial charge in [0, 0.05) is 18.7 Å². The molecule has 2 rings (SSSR count). The van der Waals surface area contributed by atoms with Crippen LogP contribution in [0, 0.1) is 5.92 Å². The Bertz CT molecular complexity index is 544. The summed E-state index contributed by atoms with van der Waals surface area (Å²) in [6, 6.07) is 4.75. The van der Waals surface area contributed by atoms with Crippen molar-refractivity contribution < 1.29 is 23.1 Å². The standard InChI is InChI=1S/C17H20F3NO2/c18-17(19,20)14-6-1-12(2-7-14)5-10-16(23)21-15-8-3-13(11-22)4-9-15/h1-2,5-7,10,13,15,22H,3-4,8-9,11H2,(H,21,23)/b10-5+. The molecular formula is C17H20F3NO2. The number of nitrogens with one attached hydrogen (secondary N) is 1. The van der Waals surface area contributed by atoms with Gasteiger partial charge in [-0.25, -0.2) is 0 Å². The Hall–Kier alpha value is -1.82. The summed E-state index contributed by atoms with van der Waals surface area (Å²) in [5.74, 6) is 0.0724. The van der Waals surface area contributed by atoms with Crippen molar-refractivity contribution >= 4 is 12.0 Å². The van der Waals surface area contributed by atoms with E-state index < -0.39 is 11.7 Å². The Labute approximate surface area is 133 Å². The Balaban J connectivity index is 1.84. The fourth-order valence-electron chi connectivity index (χ4n) is 2.69. The van der Waals surface area contributed by atoms with Crippen LogP contribution in [0.1, 0.15) is 36.8 Å². The summed E-state index contributed by atoms with van der Waals surface area (Å²) in [5, 5.41) is 12.0. The second kappa shape index (κ2) is 7.64. The third kappa shape index (κ3) is 5.39. The van der Waals surface area contributed by atoms with Crippen molar-refractivity contribution in [2.75, 3.05) is 6.61 Å². The van der Waals surface area contributed by atoms with Gasteiger partial charge in [0.25, 0.3) is 0 Å². The highest BCUT2D eigenvalue weighted by Crippen LogP contribution is 2.29. The lowest BCUT2D eigenvalue weighted by Gasteiger charge is -2.27. The number of alkyl halides is 3. The fourth-order valence-corrected chi connectivity index (χ4v) is 2.69. The quantitative estimate of drug-likeness (QED) is 0.833. The van der Waals surface area contributed by atoms with Crippen LogP contribution in [0.2, 0.25) is 0 Å². The number of rotatable bonds is 4. The van der Waals surface area contributed by atoms with Crippen molar-refractivity contribution in [2.45, 2.75) is 37.9 Å². The SMILES string of the molecule is O=C(/C=C/c1ccc(C(F)(F)F)cc1)NC1CCC(CO)CC1. The second-order valence-electron chi connectivity index (χ2n) is 5.86. The number of carbonyl (C=O) groups excluding carboxylic acids is 1. The number of hydrogen-bond donors (Lipinski definition) is 2. The molecule has 0 saturated heterocycles. The summed E-state index contributed by atoms with van der Waals surface area (Å²) in [5.41, 5.74) is -0.170. The molecule has 0 aromatic heterocycles. The van der Waals surface area contributed by atoms with E-state index in [2.05, 4.69) is 5.32 Å². The number of aliphatic hydroxyl groups is 1. The zero-order valence-electron chi connectivity index (χ0n) is 12.6. The smallest absolute Gasteiger partial charge is 0.396 e. The van der Waals surface area contributed by atoms with Crippen molar-refractivity contribution in [1.82, 2.24) is 5.32 Å². The summed E-state index contributed by atoms with van der Waals surface area (Å²) in [6.45, 7) is 0.189. The van der Waals surface area contributed by atoms with E-state index in [0.717, 1.165) is 37.8 Å². The van der Waals surface area contributed by atoms with Crippen LogP contribution in [0.15, 0.2) is 30.3 Å². The van der Waals surface area contributed by atoms with Gasteiger partial charge in [0.15, 0.2) is 0 Å². The molecule has 6 heteroatoms. The van der Waals surface area contributed by atoms with Crippen molar-refractivity contribution in [3.8, 4) is 0 Å². The summed E-state index contributed by atoms with van der Waals surface area (Å²) in [7, 11) is 0. The van der Waals surface area contributed by atoms with Crippen molar-refractivity contribution in [3.63, 3.8) is 0 Å². The van der Waals surface area contributed by atoms with Gasteiger partial charge in [-0.1, -0.05) is 12.1 Å². The molecule has 0 spiro atoms. The third-order valence-corrected chi connectivity index (χ3v) is 4.12. The molecule has 0 aliphatic heterocycles. The molecule has 1 amide bonds. The van der Waals surface area contributed by atoms with E-state index in [9.17, 15) is 18.0 Å². The maximum atomic E-state index is 12.4. The Morgan fingerprint density at radius 2 is 1.78 bits per heavy atom. The molecule has 1 aromatic rings. The molecule has 1 aromatic carbocycles. The summed E-state index contributed by atoms with van der Waals surface area (Å²) in [6.07, 6.45) is 1.94. The van der Waals surface area contributed by atoms with Gasteiger partial charge in [-0.2, -0.15) is 13.2 Å². The Morgan fingerprint density at radius 3 is 2.30 bits per heavy atom. The van der Waals surface area contributed by atoms with Gasteiger partial charge in [-0.05, 0) is 55.4 Å². The zero-order valence-corrected chi connectivity index (χ0v) is 12.6. The average molecular weight is 327 g/mol. The van der Waals surface area contributed by atoms with Gasteiger partial charge in [-0.3, -0.25) is 4.79 Å². The largest absolute Gasteiger partial charge is 0.416 e.